The molecule has 0 unspecified atom stereocenters. The highest BCUT2D eigenvalue weighted by Gasteiger charge is 2.17. The predicted molar refractivity (Wildman–Crippen MR) is 120 cm³/mol. The van der Waals surface area contributed by atoms with Crippen LogP contribution in [0.25, 0.3) is 16.8 Å². The molecule has 5 aromatic rings. The van der Waals surface area contributed by atoms with Gasteiger partial charge in [0.05, 0.1) is 11.1 Å². The van der Waals surface area contributed by atoms with Crippen molar-refractivity contribution in [1.82, 2.24) is 29.1 Å². The molecule has 0 radical (unpaired) electrons. The highest BCUT2D eigenvalue weighted by atomic mass is 32.1. The molecule has 0 aliphatic carbocycles. The first-order chi connectivity index (χ1) is 15.9. The summed E-state index contributed by atoms with van der Waals surface area (Å²) in [6, 6.07) is 7.69. The number of pyridine rings is 1. The third kappa shape index (κ3) is 4.90. The van der Waals surface area contributed by atoms with Crippen molar-refractivity contribution in [3.8, 4) is 16.8 Å². The van der Waals surface area contributed by atoms with Crippen LogP contribution >= 0.6 is 11.3 Å². The Kier molecular flexibility index (Phi) is 6.45. The van der Waals surface area contributed by atoms with Crippen LogP contribution in [0, 0.1) is 18.7 Å². The number of rotatable bonds is 4. The van der Waals surface area contributed by atoms with Gasteiger partial charge in [-0.25, -0.2) is 19.3 Å². The summed E-state index contributed by atoms with van der Waals surface area (Å²) in [7, 11) is 1.72. The summed E-state index contributed by atoms with van der Waals surface area (Å²) in [6.07, 6.45) is 9.14. The number of imidazole rings is 2. The fourth-order valence-electron chi connectivity index (χ4n) is 3.05. The Hall–Kier alpha value is -4.05. The number of ketones is 1. The lowest BCUT2D eigenvalue weighted by Crippen LogP contribution is -2.09. The second kappa shape index (κ2) is 9.61. The number of hydrogen-bond acceptors (Lipinski definition) is 6. The summed E-state index contributed by atoms with van der Waals surface area (Å²) in [5.74, 6) is -1.63. The molecule has 4 heterocycles. The van der Waals surface area contributed by atoms with E-state index in [1.807, 2.05) is 18.6 Å². The second-order valence-corrected chi connectivity index (χ2v) is 8.07. The number of nitrogens with zero attached hydrogens (tertiary/aromatic N) is 6. The van der Waals surface area contributed by atoms with Crippen LogP contribution in [0.5, 0.6) is 0 Å². The molecule has 5 rings (SSSR count). The predicted octanol–water partition coefficient (Wildman–Crippen LogP) is 4.63. The van der Waals surface area contributed by atoms with E-state index in [4.69, 9.17) is 0 Å². The summed E-state index contributed by atoms with van der Waals surface area (Å²) < 4.78 is 31.2. The normalized spacial score (nSPS) is 10.5. The first kappa shape index (κ1) is 22.2. The fraction of sp³-hybridized carbons (Fsp3) is 0.0870. The smallest absolute Gasteiger partial charge is 0.248 e. The average Bonchev–Trinajstić information content (AvgIpc) is 3.56. The van der Waals surface area contributed by atoms with Crippen molar-refractivity contribution < 1.29 is 13.6 Å². The molecule has 0 saturated carbocycles. The first-order valence-electron chi connectivity index (χ1n) is 9.76. The second-order valence-electron chi connectivity index (χ2n) is 6.98. The first-order valence-corrected chi connectivity index (χ1v) is 10.6. The number of carbonyl (C=O) groups is 1. The van der Waals surface area contributed by atoms with Crippen LogP contribution in [0.3, 0.4) is 0 Å². The molecule has 0 N–H and O–H groups in total. The van der Waals surface area contributed by atoms with Crippen molar-refractivity contribution in [2.24, 2.45) is 7.05 Å². The van der Waals surface area contributed by atoms with Crippen LogP contribution in [0.4, 0.5) is 8.78 Å². The zero-order valence-corrected chi connectivity index (χ0v) is 18.5. The lowest BCUT2D eigenvalue weighted by Gasteiger charge is -2.07. The molecule has 10 heteroatoms. The van der Waals surface area contributed by atoms with Gasteiger partial charge in [-0.1, -0.05) is 12.1 Å². The molecule has 0 aliphatic heterocycles. The number of hydrogen-bond donors (Lipinski definition) is 0. The Morgan fingerprint density at radius 3 is 2.58 bits per heavy atom. The maximum atomic E-state index is 14.0. The lowest BCUT2D eigenvalue weighted by atomic mass is 10.1. The summed E-state index contributed by atoms with van der Waals surface area (Å²) in [5.41, 5.74) is 2.77. The summed E-state index contributed by atoms with van der Waals surface area (Å²) in [4.78, 5) is 29.2. The Labute approximate surface area is 192 Å². The van der Waals surface area contributed by atoms with Gasteiger partial charge in [0.1, 0.15) is 17.8 Å². The maximum Gasteiger partial charge on any atom is 0.248 e. The van der Waals surface area contributed by atoms with Gasteiger partial charge in [0.15, 0.2) is 5.82 Å². The molecule has 0 spiro atoms. The molecule has 33 heavy (non-hydrogen) atoms. The van der Waals surface area contributed by atoms with Crippen molar-refractivity contribution in [1.29, 1.82) is 0 Å². The maximum absolute atomic E-state index is 14.0. The van der Waals surface area contributed by atoms with Crippen LogP contribution in [0.2, 0.25) is 0 Å². The summed E-state index contributed by atoms with van der Waals surface area (Å²) >= 11 is 1.67. The lowest BCUT2D eigenvalue weighted by molar-refractivity contribution is 0.102. The number of thiazole rings is 1. The molecule has 1 aromatic carbocycles. The van der Waals surface area contributed by atoms with Crippen LogP contribution in [-0.2, 0) is 7.05 Å². The van der Waals surface area contributed by atoms with Crippen molar-refractivity contribution in [3.63, 3.8) is 0 Å². The molecular weight excluding hydrogens is 446 g/mol. The van der Waals surface area contributed by atoms with Crippen molar-refractivity contribution >= 4 is 17.1 Å². The van der Waals surface area contributed by atoms with E-state index < -0.39 is 11.8 Å². The van der Waals surface area contributed by atoms with Gasteiger partial charge in [0.2, 0.25) is 11.7 Å². The molecule has 166 valence electrons. The average molecular weight is 465 g/mol. The third-order valence-corrected chi connectivity index (χ3v) is 5.39. The monoisotopic (exact) mass is 464 g/mol. The zero-order chi connectivity index (χ0) is 23.4. The van der Waals surface area contributed by atoms with Crippen molar-refractivity contribution in [2.75, 3.05) is 0 Å². The van der Waals surface area contributed by atoms with Crippen LogP contribution in [0.1, 0.15) is 21.2 Å². The van der Waals surface area contributed by atoms with Gasteiger partial charge in [0.25, 0.3) is 0 Å². The Balaban J connectivity index is 0.000000376. The number of aromatic nitrogens is 6. The van der Waals surface area contributed by atoms with Crippen LogP contribution in [0.15, 0.2) is 73.2 Å². The van der Waals surface area contributed by atoms with E-state index >= 15 is 0 Å². The van der Waals surface area contributed by atoms with Crippen LogP contribution in [-0.4, -0.2) is 34.9 Å². The standard InChI is InChI=1S/C19H13F2N5O.C4H5NS/c1-25-8-7-23-19(25)17(27)15-10-26(11-24-15)13-4-2-3-12(9-13)16-14(20)5-6-22-18(16)21;1-4-2-5-3-6-4/h2-11H,1H3;2-3H,1H3. The van der Waals surface area contributed by atoms with E-state index in [0.717, 1.165) is 12.3 Å². The Morgan fingerprint density at radius 2 is 1.94 bits per heavy atom. The number of carbonyl (C=O) groups excluding carboxylic acids is 1. The Morgan fingerprint density at radius 1 is 1.09 bits per heavy atom. The highest BCUT2D eigenvalue weighted by molar-refractivity contribution is 7.09. The topological polar surface area (TPSA) is 78.5 Å². The van der Waals surface area contributed by atoms with Gasteiger partial charge < -0.3 is 9.13 Å². The van der Waals surface area contributed by atoms with Gasteiger partial charge >= 0.3 is 0 Å². The number of benzene rings is 1. The molecule has 0 aliphatic rings. The summed E-state index contributed by atoms with van der Waals surface area (Å²) in [6.45, 7) is 2.04. The minimum atomic E-state index is -0.886. The molecule has 0 atom stereocenters. The third-order valence-electron chi connectivity index (χ3n) is 4.68. The highest BCUT2D eigenvalue weighted by Crippen LogP contribution is 2.26. The van der Waals surface area contributed by atoms with E-state index in [1.165, 1.54) is 17.4 Å². The Bertz CT molecular complexity index is 1370. The largest absolute Gasteiger partial charge is 0.331 e. The van der Waals surface area contributed by atoms with E-state index in [0.29, 0.717) is 11.3 Å². The van der Waals surface area contributed by atoms with E-state index in [2.05, 4.69) is 19.9 Å². The number of halogens is 2. The van der Waals surface area contributed by atoms with Gasteiger partial charge in [-0.2, -0.15) is 4.39 Å². The number of aryl methyl sites for hydroxylation is 2. The van der Waals surface area contributed by atoms with Gasteiger partial charge in [-0.3, -0.25) is 9.78 Å². The van der Waals surface area contributed by atoms with E-state index in [9.17, 15) is 13.6 Å². The minimum Gasteiger partial charge on any atom is -0.331 e. The SMILES string of the molecule is Cc1cncs1.Cn1ccnc1C(=O)c1cn(-c2cccc(-c3c(F)ccnc3F)c2)cn1. The van der Waals surface area contributed by atoms with Gasteiger partial charge in [-0.05, 0) is 30.7 Å². The molecular formula is C23H18F2N6OS. The molecule has 0 fully saturated rings. The van der Waals surface area contributed by atoms with Crippen LogP contribution < -0.4 is 0 Å². The molecule has 0 saturated heterocycles. The van der Waals surface area contributed by atoms with Crippen molar-refractivity contribution in [3.05, 3.63) is 101 Å². The zero-order valence-electron chi connectivity index (χ0n) is 17.7. The fourth-order valence-corrected chi connectivity index (χ4v) is 3.46. The molecule has 7 nitrogen and oxygen atoms in total. The minimum absolute atomic E-state index is 0.205. The molecule has 4 aromatic heterocycles. The summed E-state index contributed by atoms with van der Waals surface area (Å²) in [5, 5.41) is 0. The van der Waals surface area contributed by atoms with Crippen molar-refractivity contribution in [2.45, 2.75) is 6.92 Å². The van der Waals surface area contributed by atoms with E-state index in [-0.39, 0.29) is 22.9 Å². The van der Waals surface area contributed by atoms with E-state index in [1.54, 1.807) is 64.2 Å². The quantitative estimate of drug-likeness (QED) is 0.286. The molecule has 0 amide bonds. The van der Waals surface area contributed by atoms with Gasteiger partial charge in [0, 0.05) is 48.6 Å². The molecule has 0 bridgehead atoms. The van der Waals surface area contributed by atoms with Gasteiger partial charge in [-0.15, -0.1) is 11.3 Å².